The minimum absolute atomic E-state index is 0.198. The number of aryl methyl sites for hydroxylation is 1. The molecule has 0 saturated heterocycles. The van der Waals surface area contributed by atoms with E-state index >= 15 is 0 Å². The van der Waals surface area contributed by atoms with Crippen molar-refractivity contribution in [2.45, 2.75) is 26.4 Å². The Hall–Kier alpha value is -2.33. The summed E-state index contributed by atoms with van der Waals surface area (Å²) in [6.45, 7) is 2.62. The fourth-order valence-electron chi connectivity index (χ4n) is 2.09. The Balaban J connectivity index is 1.96. The van der Waals surface area contributed by atoms with Crippen LogP contribution in [0.15, 0.2) is 48.5 Å². The van der Waals surface area contributed by atoms with Gasteiger partial charge in [-0.25, -0.2) is 5.84 Å². The first-order chi connectivity index (χ1) is 10.2. The second kappa shape index (κ2) is 7.45. The zero-order chi connectivity index (χ0) is 15.1. The van der Waals surface area contributed by atoms with Gasteiger partial charge in [0.15, 0.2) is 0 Å². The summed E-state index contributed by atoms with van der Waals surface area (Å²) in [6.07, 6.45) is 1.24. The van der Waals surface area contributed by atoms with Crippen LogP contribution in [0.25, 0.3) is 0 Å². The molecular weight excluding hydrogens is 264 g/mol. The predicted octanol–water partition coefficient (Wildman–Crippen LogP) is 2.36. The third-order valence-electron chi connectivity index (χ3n) is 3.30. The number of carbonyl (C=O) groups excluding carboxylic acids is 1. The Kier molecular flexibility index (Phi) is 5.35. The number of para-hydroxylation sites is 1. The molecule has 0 fully saturated rings. The van der Waals surface area contributed by atoms with Crippen molar-refractivity contribution in [2.75, 3.05) is 0 Å². The maximum atomic E-state index is 11.2. The highest BCUT2D eigenvalue weighted by Crippen LogP contribution is 2.19. The number of hydrogen-bond acceptors (Lipinski definition) is 3. The Morgan fingerprint density at radius 1 is 1.10 bits per heavy atom. The zero-order valence-electron chi connectivity index (χ0n) is 12.1. The van der Waals surface area contributed by atoms with E-state index in [4.69, 9.17) is 10.6 Å². The van der Waals surface area contributed by atoms with Crippen LogP contribution in [0.4, 0.5) is 0 Å². The number of nitrogens with one attached hydrogen (secondary N) is 1. The van der Waals surface area contributed by atoms with Gasteiger partial charge in [0.05, 0.1) is 6.42 Å². The number of carbonyl (C=O) groups is 1. The lowest BCUT2D eigenvalue weighted by molar-refractivity contribution is -0.120. The van der Waals surface area contributed by atoms with E-state index in [1.807, 2.05) is 42.5 Å². The van der Waals surface area contributed by atoms with Crippen LogP contribution < -0.4 is 16.0 Å². The molecule has 2 rings (SSSR count). The van der Waals surface area contributed by atoms with E-state index in [0.29, 0.717) is 6.61 Å². The van der Waals surface area contributed by atoms with E-state index < -0.39 is 0 Å². The molecule has 0 aliphatic carbocycles. The monoisotopic (exact) mass is 284 g/mol. The first-order valence-corrected chi connectivity index (χ1v) is 7.01. The van der Waals surface area contributed by atoms with Gasteiger partial charge < -0.3 is 4.74 Å². The molecule has 0 radical (unpaired) electrons. The molecule has 0 aliphatic heterocycles. The normalized spacial score (nSPS) is 10.2. The quantitative estimate of drug-likeness (QED) is 0.486. The summed E-state index contributed by atoms with van der Waals surface area (Å²) in [5, 5.41) is 0. The highest BCUT2D eigenvalue weighted by Gasteiger charge is 2.03. The van der Waals surface area contributed by atoms with Crippen molar-refractivity contribution in [3.05, 3.63) is 65.2 Å². The maximum absolute atomic E-state index is 11.2. The lowest BCUT2D eigenvalue weighted by Crippen LogP contribution is -2.31. The number of benzene rings is 2. The van der Waals surface area contributed by atoms with Gasteiger partial charge in [-0.05, 0) is 29.2 Å². The van der Waals surface area contributed by atoms with Crippen molar-refractivity contribution < 1.29 is 9.53 Å². The lowest BCUT2D eigenvalue weighted by atomic mass is 10.1. The third kappa shape index (κ3) is 4.33. The van der Waals surface area contributed by atoms with Crippen molar-refractivity contribution in [3.8, 4) is 5.75 Å². The molecule has 0 atom stereocenters. The maximum Gasteiger partial charge on any atom is 0.238 e. The summed E-state index contributed by atoms with van der Waals surface area (Å²) in [7, 11) is 0. The largest absolute Gasteiger partial charge is 0.489 e. The van der Waals surface area contributed by atoms with Crippen molar-refractivity contribution >= 4 is 5.91 Å². The van der Waals surface area contributed by atoms with Gasteiger partial charge in [0.25, 0.3) is 0 Å². The number of amides is 1. The van der Waals surface area contributed by atoms with Crippen LogP contribution in [-0.4, -0.2) is 5.91 Å². The average molecular weight is 284 g/mol. The SMILES string of the molecule is CCc1ccccc1OCc1ccc(CC(=O)NN)cc1. The minimum atomic E-state index is -0.198. The molecule has 21 heavy (non-hydrogen) atoms. The summed E-state index contributed by atoms with van der Waals surface area (Å²) in [5.74, 6) is 5.79. The van der Waals surface area contributed by atoms with Gasteiger partial charge in [-0.1, -0.05) is 49.4 Å². The molecule has 0 unspecified atom stereocenters. The second-order valence-corrected chi connectivity index (χ2v) is 4.81. The molecule has 1 amide bonds. The van der Waals surface area contributed by atoms with Crippen molar-refractivity contribution in [1.82, 2.24) is 5.43 Å². The standard InChI is InChI=1S/C17H20N2O2/c1-2-15-5-3-4-6-16(15)21-12-14-9-7-13(8-10-14)11-17(20)19-18/h3-10H,2,11-12,18H2,1H3,(H,19,20). The molecule has 2 aromatic rings. The van der Waals surface area contributed by atoms with E-state index in [0.717, 1.165) is 23.3 Å². The van der Waals surface area contributed by atoms with Gasteiger partial charge in [0, 0.05) is 0 Å². The Morgan fingerprint density at radius 3 is 2.43 bits per heavy atom. The van der Waals surface area contributed by atoms with Gasteiger partial charge in [-0.2, -0.15) is 0 Å². The summed E-state index contributed by atoms with van der Waals surface area (Å²) in [6, 6.07) is 15.8. The van der Waals surface area contributed by atoms with E-state index in [1.165, 1.54) is 5.56 Å². The topological polar surface area (TPSA) is 64.3 Å². The second-order valence-electron chi connectivity index (χ2n) is 4.81. The van der Waals surface area contributed by atoms with Gasteiger partial charge in [0.2, 0.25) is 5.91 Å². The third-order valence-corrected chi connectivity index (χ3v) is 3.30. The van der Waals surface area contributed by atoms with Crippen LogP contribution in [0.5, 0.6) is 5.75 Å². The van der Waals surface area contributed by atoms with Crippen LogP contribution >= 0.6 is 0 Å². The summed E-state index contributed by atoms with van der Waals surface area (Å²) in [4.78, 5) is 11.2. The first kappa shape index (κ1) is 15.1. The van der Waals surface area contributed by atoms with Gasteiger partial charge >= 0.3 is 0 Å². The predicted molar refractivity (Wildman–Crippen MR) is 82.6 cm³/mol. The highest BCUT2D eigenvalue weighted by molar-refractivity contribution is 5.77. The summed E-state index contributed by atoms with van der Waals surface area (Å²) < 4.78 is 5.86. The van der Waals surface area contributed by atoms with E-state index in [-0.39, 0.29) is 12.3 Å². The lowest BCUT2D eigenvalue weighted by Gasteiger charge is -2.10. The van der Waals surface area contributed by atoms with Crippen LogP contribution in [0.2, 0.25) is 0 Å². The van der Waals surface area contributed by atoms with Gasteiger partial charge in [0.1, 0.15) is 12.4 Å². The molecule has 110 valence electrons. The number of rotatable bonds is 6. The fraction of sp³-hybridized carbons (Fsp3) is 0.235. The Bertz CT molecular complexity index is 594. The van der Waals surface area contributed by atoms with E-state index in [1.54, 1.807) is 0 Å². The first-order valence-electron chi connectivity index (χ1n) is 7.01. The Labute approximate surface area is 124 Å². The molecule has 0 spiro atoms. The van der Waals surface area contributed by atoms with Crippen LogP contribution in [0, 0.1) is 0 Å². The molecule has 4 heteroatoms. The molecule has 0 saturated carbocycles. The van der Waals surface area contributed by atoms with Crippen molar-refractivity contribution in [3.63, 3.8) is 0 Å². The van der Waals surface area contributed by atoms with Gasteiger partial charge in [-0.3, -0.25) is 10.2 Å². The molecule has 0 aliphatic rings. The summed E-state index contributed by atoms with van der Waals surface area (Å²) >= 11 is 0. The number of ether oxygens (including phenoxy) is 1. The van der Waals surface area contributed by atoms with Gasteiger partial charge in [-0.15, -0.1) is 0 Å². The molecule has 2 aromatic carbocycles. The minimum Gasteiger partial charge on any atom is -0.489 e. The number of hydrogen-bond donors (Lipinski definition) is 2. The molecule has 0 heterocycles. The van der Waals surface area contributed by atoms with Crippen molar-refractivity contribution in [2.24, 2.45) is 5.84 Å². The molecule has 0 bridgehead atoms. The van der Waals surface area contributed by atoms with E-state index in [9.17, 15) is 4.79 Å². The Morgan fingerprint density at radius 2 is 1.76 bits per heavy atom. The van der Waals surface area contributed by atoms with Crippen LogP contribution in [-0.2, 0) is 24.2 Å². The fourth-order valence-corrected chi connectivity index (χ4v) is 2.09. The molecule has 0 aromatic heterocycles. The number of hydrazine groups is 1. The summed E-state index contributed by atoms with van der Waals surface area (Å²) in [5.41, 5.74) is 5.32. The van der Waals surface area contributed by atoms with E-state index in [2.05, 4.69) is 18.4 Å². The molecular formula is C17H20N2O2. The zero-order valence-corrected chi connectivity index (χ0v) is 12.1. The van der Waals surface area contributed by atoms with Crippen molar-refractivity contribution in [1.29, 1.82) is 0 Å². The van der Waals surface area contributed by atoms with Crippen LogP contribution in [0.1, 0.15) is 23.6 Å². The molecule has 4 nitrogen and oxygen atoms in total. The number of nitrogens with two attached hydrogens (primary N) is 1. The van der Waals surface area contributed by atoms with Crippen LogP contribution in [0.3, 0.4) is 0 Å². The average Bonchev–Trinajstić information content (AvgIpc) is 2.54. The molecule has 3 N–H and O–H groups in total. The highest BCUT2D eigenvalue weighted by atomic mass is 16.5. The smallest absolute Gasteiger partial charge is 0.238 e.